The Hall–Kier alpha value is -2.73. The Morgan fingerprint density at radius 1 is 1.04 bits per heavy atom. The minimum atomic E-state index is 0.335. The summed E-state index contributed by atoms with van der Waals surface area (Å²) in [5.74, 6) is 1.52. The number of hydrogen-bond acceptors (Lipinski definition) is 5. The lowest BCUT2D eigenvalue weighted by atomic mass is 10.0. The van der Waals surface area contributed by atoms with Crippen LogP contribution >= 0.6 is 0 Å². The first kappa shape index (κ1) is 18.6. The molecule has 6 heteroatoms. The minimum absolute atomic E-state index is 0.335. The van der Waals surface area contributed by atoms with E-state index in [0.717, 1.165) is 42.7 Å². The summed E-state index contributed by atoms with van der Waals surface area (Å²) in [5.41, 5.74) is 4.67. The standard InChI is InChI=1S/C22H28N6/c1-16-6-8-19(9-7-16)20(27-10-4-5-11-27)13-24-21-14-23-15-22(25-21)28-18(3)12-17(2)26-28/h6-9,12,14-15,20H,4-5,10-11,13H2,1-3H3,(H,24,25). The molecule has 1 aliphatic rings. The molecule has 3 heterocycles. The molecule has 146 valence electrons. The summed E-state index contributed by atoms with van der Waals surface area (Å²) in [4.78, 5) is 11.7. The average Bonchev–Trinajstić information content (AvgIpc) is 3.33. The van der Waals surface area contributed by atoms with Gasteiger partial charge < -0.3 is 5.32 Å². The van der Waals surface area contributed by atoms with E-state index in [-0.39, 0.29) is 0 Å². The minimum Gasteiger partial charge on any atom is -0.367 e. The summed E-state index contributed by atoms with van der Waals surface area (Å²) in [7, 11) is 0. The highest BCUT2D eigenvalue weighted by Crippen LogP contribution is 2.26. The van der Waals surface area contributed by atoms with E-state index in [0.29, 0.717) is 6.04 Å². The van der Waals surface area contributed by atoms with Crippen LogP contribution in [0.1, 0.15) is 41.4 Å². The van der Waals surface area contributed by atoms with Gasteiger partial charge in [0.2, 0.25) is 0 Å². The molecule has 6 nitrogen and oxygen atoms in total. The summed E-state index contributed by atoms with van der Waals surface area (Å²) in [6, 6.07) is 11.3. The van der Waals surface area contributed by atoms with Crippen molar-refractivity contribution in [3.63, 3.8) is 0 Å². The molecule has 1 aliphatic heterocycles. The quantitative estimate of drug-likeness (QED) is 0.708. The van der Waals surface area contributed by atoms with Crippen molar-refractivity contribution < 1.29 is 0 Å². The number of aromatic nitrogens is 4. The molecule has 1 fully saturated rings. The molecule has 3 aromatic rings. The van der Waals surface area contributed by atoms with Crippen LogP contribution in [-0.2, 0) is 0 Å². The SMILES string of the molecule is Cc1ccc(C(CNc2cncc(-n3nc(C)cc3C)n2)N2CCCC2)cc1. The van der Waals surface area contributed by atoms with Crippen molar-refractivity contribution in [2.75, 3.05) is 25.0 Å². The fraction of sp³-hybridized carbons (Fsp3) is 0.409. The molecule has 2 aromatic heterocycles. The number of hydrogen-bond donors (Lipinski definition) is 1. The Morgan fingerprint density at radius 2 is 1.79 bits per heavy atom. The van der Waals surface area contributed by atoms with Crippen molar-refractivity contribution in [1.82, 2.24) is 24.6 Å². The molecular weight excluding hydrogens is 348 g/mol. The van der Waals surface area contributed by atoms with Gasteiger partial charge >= 0.3 is 0 Å². The van der Waals surface area contributed by atoms with Gasteiger partial charge in [-0.25, -0.2) is 9.67 Å². The van der Waals surface area contributed by atoms with E-state index in [1.54, 1.807) is 12.4 Å². The lowest BCUT2D eigenvalue weighted by Crippen LogP contribution is -2.31. The van der Waals surface area contributed by atoms with Crippen LogP contribution in [0.3, 0.4) is 0 Å². The van der Waals surface area contributed by atoms with E-state index < -0.39 is 0 Å². The van der Waals surface area contributed by atoms with Crippen LogP contribution in [0, 0.1) is 20.8 Å². The fourth-order valence-electron chi connectivity index (χ4n) is 3.90. The Kier molecular flexibility index (Phi) is 5.39. The molecule has 0 bridgehead atoms. The first-order chi connectivity index (χ1) is 13.6. The van der Waals surface area contributed by atoms with E-state index in [4.69, 9.17) is 4.98 Å². The molecule has 28 heavy (non-hydrogen) atoms. The van der Waals surface area contributed by atoms with Crippen molar-refractivity contribution in [1.29, 1.82) is 0 Å². The number of anilines is 1. The molecule has 1 atom stereocenters. The molecule has 0 aliphatic carbocycles. The van der Waals surface area contributed by atoms with E-state index in [9.17, 15) is 0 Å². The van der Waals surface area contributed by atoms with Gasteiger partial charge in [-0.3, -0.25) is 9.88 Å². The zero-order chi connectivity index (χ0) is 19.5. The molecule has 0 spiro atoms. The van der Waals surface area contributed by atoms with Gasteiger partial charge in [-0.1, -0.05) is 29.8 Å². The molecule has 1 aromatic carbocycles. The molecule has 0 radical (unpaired) electrons. The van der Waals surface area contributed by atoms with Gasteiger partial charge in [-0.2, -0.15) is 5.10 Å². The smallest absolute Gasteiger partial charge is 0.174 e. The summed E-state index contributed by atoms with van der Waals surface area (Å²) in [6.45, 7) is 9.25. The van der Waals surface area contributed by atoms with Crippen molar-refractivity contribution in [2.24, 2.45) is 0 Å². The predicted octanol–water partition coefficient (Wildman–Crippen LogP) is 3.84. The largest absolute Gasteiger partial charge is 0.367 e. The number of nitrogens with one attached hydrogen (secondary N) is 1. The normalized spacial score (nSPS) is 15.7. The van der Waals surface area contributed by atoms with Crippen LogP contribution in [0.2, 0.25) is 0 Å². The van der Waals surface area contributed by atoms with Gasteiger partial charge in [0.1, 0.15) is 5.82 Å². The molecular formula is C22H28N6. The van der Waals surface area contributed by atoms with E-state index in [2.05, 4.69) is 51.5 Å². The number of likely N-dealkylation sites (tertiary alicyclic amines) is 1. The third-order valence-corrected chi connectivity index (χ3v) is 5.37. The van der Waals surface area contributed by atoms with Gasteiger partial charge in [0.15, 0.2) is 5.82 Å². The number of aryl methyl sites for hydroxylation is 3. The van der Waals surface area contributed by atoms with Crippen LogP contribution < -0.4 is 5.32 Å². The summed E-state index contributed by atoms with van der Waals surface area (Å²) in [5, 5.41) is 8.03. The third-order valence-electron chi connectivity index (χ3n) is 5.37. The monoisotopic (exact) mass is 376 g/mol. The van der Waals surface area contributed by atoms with Crippen molar-refractivity contribution in [3.05, 3.63) is 65.2 Å². The highest BCUT2D eigenvalue weighted by Gasteiger charge is 2.23. The maximum Gasteiger partial charge on any atom is 0.174 e. The molecule has 1 unspecified atom stereocenters. The summed E-state index contributed by atoms with van der Waals surface area (Å²) < 4.78 is 1.84. The first-order valence-electron chi connectivity index (χ1n) is 10.0. The zero-order valence-electron chi connectivity index (χ0n) is 16.9. The van der Waals surface area contributed by atoms with Gasteiger partial charge in [0.25, 0.3) is 0 Å². The van der Waals surface area contributed by atoms with Gasteiger partial charge in [-0.05, 0) is 58.3 Å². The molecule has 1 saturated heterocycles. The second-order valence-electron chi connectivity index (χ2n) is 7.65. The third kappa shape index (κ3) is 4.07. The van der Waals surface area contributed by atoms with Crippen molar-refractivity contribution in [3.8, 4) is 5.82 Å². The Balaban J connectivity index is 1.53. The van der Waals surface area contributed by atoms with Gasteiger partial charge in [0.05, 0.1) is 24.1 Å². The number of benzene rings is 1. The lowest BCUT2D eigenvalue weighted by molar-refractivity contribution is 0.256. The highest BCUT2D eigenvalue weighted by atomic mass is 15.3. The van der Waals surface area contributed by atoms with E-state index in [1.165, 1.54) is 24.0 Å². The average molecular weight is 377 g/mol. The maximum absolute atomic E-state index is 4.73. The van der Waals surface area contributed by atoms with Crippen LogP contribution in [0.4, 0.5) is 5.82 Å². The molecule has 0 amide bonds. The zero-order valence-corrected chi connectivity index (χ0v) is 16.9. The maximum atomic E-state index is 4.73. The number of nitrogens with zero attached hydrogens (tertiary/aromatic N) is 5. The Bertz CT molecular complexity index is 924. The molecule has 0 saturated carbocycles. The molecule has 4 rings (SSSR count). The van der Waals surface area contributed by atoms with Crippen LogP contribution in [0.25, 0.3) is 5.82 Å². The van der Waals surface area contributed by atoms with Gasteiger partial charge in [0, 0.05) is 12.2 Å². The Morgan fingerprint density at radius 3 is 2.46 bits per heavy atom. The second-order valence-corrected chi connectivity index (χ2v) is 7.65. The van der Waals surface area contributed by atoms with E-state index in [1.807, 2.05) is 24.6 Å². The van der Waals surface area contributed by atoms with Crippen LogP contribution in [0.15, 0.2) is 42.7 Å². The highest BCUT2D eigenvalue weighted by molar-refractivity contribution is 5.37. The van der Waals surface area contributed by atoms with Crippen LogP contribution in [-0.4, -0.2) is 44.3 Å². The van der Waals surface area contributed by atoms with Crippen molar-refractivity contribution in [2.45, 2.75) is 39.7 Å². The topological polar surface area (TPSA) is 58.9 Å². The van der Waals surface area contributed by atoms with E-state index >= 15 is 0 Å². The van der Waals surface area contributed by atoms with Crippen molar-refractivity contribution >= 4 is 5.82 Å². The van der Waals surface area contributed by atoms with Gasteiger partial charge in [-0.15, -0.1) is 0 Å². The molecule has 1 N–H and O–H groups in total. The summed E-state index contributed by atoms with van der Waals surface area (Å²) in [6.07, 6.45) is 6.08. The van der Waals surface area contributed by atoms with Crippen LogP contribution in [0.5, 0.6) is 0 Å². The number of rotatable bonds is 6. The first-order valence-corrected chi connectivity index (χ1v) is 10.0. The predicted molar refractivity (Wildman–Crippen MR) is 112 cm³/mol. The lowest BCUT2D eigenvalue weighted by Gasteiger charge is -2.28. The second kappa shape index (κ2) is 8.10. The Labute approximate surface area is 166 Å². The fourth-order valence-corrected chi connectivity index (χ4v) is 3.90. The summed E-state index contributed by atoms with van der Waals surface area (Å²) >= 11 is 0.